The highest BCUT2D eigenvalue weighted by molar-refractivity contribution is 5.20. The molecule has 0 bridgehead atoms. The van der Waals surface area contributed by atoms with Crippen LogP contribution in [0.1, 0.15) is 31.0 Å². The third-order valence-electron chi connectivity index (χ3n) is 3.79. The number of nitrogens with two attached hydrogens (primary N) is 1. The molecule has 0 spiro atoms. The first-order chi connectivity index (χ1) is 9.74. The monoisotopic (exact) mass is 272 g/mol. The van der Waals surface area contributed by atoms with Crippen LogP contribution in [0.15, 0.2) is 30.3 Å². The number of rotatable bonds is 4. The van der Waals surface area contributed by atoms with Crippen LogP contribution in [-0.4, -0.2) is 27.4 Å². The van der Waals surface area contributed by atoms with E-state index in [2.05, 4.69) is 17.0 Å². The molecular formula is C15H20N4O. The van der Waals surface area contributed by atoms with E-state index in [1.165, 1.54) is 0 Å². The average Bonchev–Trinajstić information content (AvgIpc) is 2.88. The molecule has 0 saturated carbocycles. The van der Waals surface area contributed by atoms with Gasteiger partial charge < -0.3 is 10.5 Å². The maximum atomic E-state index is 6.07. The first-order valence-corrected chi connectivity index (χ1v) is 7.12. The number of aryl methyl sites for hydroxylation is 1. The summed E-state index contributed by atoms with van der Waals surface area (Å²) in [6.07, 6.45) is 2.62. The number of ether oxygens (including phenoxy) is 1. The van der Waals surface area contributed by atoms with Crippen LogP contribution in [0, 0.1) is 0 Å². The Labute approximate surface area is 118 Å². The zero-order valence-electron chi connectivity index (χ0n) is 11.7. The van der Waals surface area contributed by atoms with E-state index in [0.717, 1.165) is 36.7 Å². The molecule has 2 heterocycles. The molecule has 5 nitrogen and oxygen atoms in total. The van der Waals surface area contributed by atoms with Crippen molar-refractivity contribution in [1.82, 2.24) is 14.8 Å². The van der Waals surface area contributed by atoms with Crippen molar-refractivity contribution in [2.24, 2.45) is 5.73 Å². The zero-order chi connectivity index (χ0) is 13.9. The van der Waals surface area contributed by atoms with Gasteiger partial charge in [-0.3, -0.25) is 0 Å². The Bertz CT molecular complexity index is 567. The van der Waals surface area contributed by atoms with Crippen molar-refractivity contribution < 1.29 is 4.74 Å². The molecule has 1 aromatic carbocycles. The average molecular weight is 272 g/mol. The number of para-hydroxylation sites is 1. The quantitative estimate of drug-likeness (QED) is 0.920. The van der Waals surface area contributed by atoms with E-state index < -0.39 is 0 Å². The van der Waals surface area contributed by atoms with Crippen molar-refractivity contribution in [3.63, 3.8) is 0 Å². The Hall–Kier alpha value is -1.88. The molecule has 0 amide bonds. The van der Waals surface area contributed by atoms with E-state index >= 15 is 0 Å². The van der Waals surface area contributed by atoms with E-state index in [1.807, 2.05) is 35.0 Å². The van der Waals surface area contributed by atoms with Crippen molar-refractivity contribution in [3.8, 4) is 5.75 Å². The van der Waals surface area contributed by atoms with Crippen LogP contribution in [0.5, 0.6) is 5.75 Å². The summed E-state index contributed by atoms with van der Waals surface area (Å²) < 4.78 is 7.65. The van der Waals surface area contributed by atoms with Crippen LogP contribution in [0.2, 0.25) is 0 Å². The normalized spacial score (nSPS) is 21.5. The molecule has 0 aliphatic carbocycles. The number of aromatic nitrogens is 3. The third kappa shape index (κ3) is 2.67. The minimum absolute atomic E-state index is 0.178. The standard InChI is InChI=1S/C15H20N4O/c1-11-13(16)7-8-15-17-14(18-19(11)15)9-10-20-12-5-3-2-4-6-12/h2-6,11,13H,7-10,16H2,1H3. The number of fused-ring (bicyclic) bond motifs is 1. The molecule has 5 heteroatoms. The molecule has 1 aliphatic rings. The lowest BCUT2D eigenvalue weighted by molar-refractivity contribution is 0.316. The van der Waals surface area contributed by atoms with Crippen molar-refractivity contribution in [3.05, 3.63) is 42.0 Å². The Morgan fingerprint density at radius 1 is 1.35 bits per heavy atom. The van der Waals surface area contributed by atoms with Gasteiger partial charge in [0.05, 0.1) is 12.6 Å². The first-order valence-electron chi connectivity index (χ1n) is 7.12. The molecule has 2 atom stereocenters. The van der Waals surface area contributed by atoms with Crippen LogP contribution in [0.4, 0.5) is 0 Å². The molecular weight excluding hydrogens is 252 g/mol. The van der Waals surface area contributed by atoms with Crippen LogP contribution in [0.3, 0.4) is 0 Å². The van der Waals surface area contributed by atoms with Gasteiger partial charge in [-0.05, 0) is 25.5 Å². The summed E-state index contributed by atoms with van der Waals surface area (Å²) in [6.45, 7) is 2.69. The maximum Gasteiger partial charge on any atom is 0.154 e. The second kappa shape index (κ2) is 5.63. The highest BCUT2D eigenvalue weighted by Crippen LogP contribution is 2.21. The largest absolute Gasteiger partial charge is 0.493 e. The van der Waals surface area contributed by atoms with Crippen molar-refractivity contribution in [2.75, 3.05) is 6.61 Å². The van der Waals surface area contributed by atoms with E-state index in [4.69, 9.17) is 10.5 Å². The molecule has 2 N–H and O–H groups in total. The fraction of sp³-hybridized carbons (Fsp3) is 0.467. The Morgan fingerprint density at radius 3 is 2.95 bits per heavy atom. The van der Waals surface area contributed by atoms with Gasteiger partial charge in [-0.2, -0.15) is 5.10 Å². The van der Waals surface area contributed by atoms with Crippen molar-refractivity contribution in [2.45, 2.75) is 38.3 Å². The topological polar surface area (TPSA) is 66.0 Å². The van der Waals surface area contributed by atoms with Gasteiger partial charge in [-0.1, -0.05) is 18.2 Å². The van der Waals surface area contributed by atoms with Gasteiger partial charge in [0.1, 0.15) is 11.6 Å². The lowest BCUT2D eigenvalue weighted by atomic mass is 10.0. The SMILES string of the molecule is CC1C(N)CCc2nc(CCOc3ccccc3)nn21. The predicted molar refractivity (Wildman–Crippen MR) is 76.7 cm³/mol. The predicted octanol–water partition coefficient (Wildman–Crippen LogP) is 1.73. The highest BCUT2D eigenvalue weighted by atomic mass is 16.5. The van der Waals surface area contributed by atoms with Gasteiger partial charge in [0.15, 0.2) is 5.82 Å². The molecule has 106 valence electrons. The van der Waals surface area contributed by atoms with Crippen LogP contribution < -0.4 is 10.5 Å². The molecule has 0 saturated heterocycles. The summed E-state index contributed by atoms with van der Waals surface area (Å²) >= 11 is 0. The summed E-state index contributed by atoms with van der Waals surface area (Å²) in [6, 6.07) is 10.2. The maximum absolute atomic E-state index is 6.07. The minimum atomic E-state index is 0.178. The lowest BCUT2D eigenvalue weighted by Crippen LogP contribution is -2.36. The van der Waals surface area contributed by atoms with Gasteiger partial charge in [0.2, 0.25) is 0 Å². The Balaban J connectivity index is 1.60. The van der Waals surface area contributed by atoms with Gasteiger partial charge in [0, 0.05) is 18.9 Å². The fourth-order valence-electron chi connectivity index (χ4n) is 2.50. The molecule has 0 radical (unpaired) electrons. The summed E-state index contributed by atoms with van der Waals surface area (Å²) in [4.78, 5) is 4.58. The smallest absolute Gasteiger partial charge is 0.154 e. The number of nitrogens with zero attached hydrogens (tertiary/aromatic N) is 3. The fourth-order valence-corrected chi connectivity index (χ4v) is 2.50. The van der Waals surface area contributed by atoms with E-state index in [1.54, 1.807) is 0 Å². The van der Waals surface area contributed by atoms with E-state index in [9.17, 15) is 0 Å². The Morgan fingerprint density at radius 2 is 2.15 bits per heavy atom. The van der Waals surface area contributed by atoms with E-state index in [-0.39, 0.29) is 12.1 Å². The number of hydrogen-bond acceptors (Lipinski definition) is 4. The van der Waals surface area contributed by atoms with Crippen LogP contribution >= 0.6 is 0 Å². The molecule has 1 aliphatic heterocycles. The molecule has 2 unspecified atom stereocenters. The van der Waals surface area contributed by atoms with Gasteiger partial charge in [-0.25, -0.2) is 9.67 Å². The van der Waals surface area contributed by atoms with Crippen molar-refractivity contribution >= 4 is 0 Å². The zero-order valence-corrected chi connectivity index (χ0v) is 11.7. The van der Waals surface area contributed by atoms with Gasteiger partial charge in [0.25, 0.3) is 0 Å². The van der Waals surface area contributed by atoms with Crippen molar-refractivity contribution in [1.29, 1.82) is 0 Å². The van der Waals surface area contributed by atoms with Crippen LogP contribution in [-0.2, 0) is 12.8 Å². The number of hydrogen-bond donors (Lipinski definition) is 1. The van der Waals surface area contributed by atoms with Crippen LogP contribution in [0.25, 0.3) is 0 Å². The van der Waals surface area contributed by atoms with E-state index in [0.29, 0.717) is 6.61 Å². The molecule has 0 fully saturated rings. The molecule has 20 heavy (non-hydrogen) atoms. The lowest BCUT2D eigenvalue weighted by Gasteiger charge is -2.25. The summed E-state index contributed by atoms with van der Waals surface area (Å²) in [7, 11) is 0. The second-order valence-corrected chi connectivity index (χ2v) is 5.24. The third-order valence-corrected chi connectivity index (χ3v) is 3.79. The summed E-state index contributed by atoms with van der Waals surface area (Å²) in [5.74, 6) is 2.78. The van der Waals surface area contributed by atoms with Gasteiger partial charge >= 0.3 is 0 Å². The summed E-state index contributed by atoms with van der Waals surface area (Å²) in [5, 5.41) is 4.56. The Kier molecular flexibility index (Phi) is 3.69. The molecule has 1 aromatic heterocycles. The highest BCUT2D eigenvalue weighted by Gasteiger charge is 2.25. The minimum Gasteiger partial charge on any atom is -0.493 e. The molecule has 3 rings (SSSR count). The summed E-state index contributed by atoms with van der Waals surface area (Å²) in [5.41, 5.74) is 6.07. The molecule has 2 aromatic rings. The number of benzene rings is 1. The second-order valence-electron chi connectivity index (χ2n) is 5.24. The first kappa shape index (κ1) is 13.1. The van der Waals surface area contributed by atoms with Gasteiger partial charge in [-0.15, -0.1) is 0 Å².